The van der Waals surface area contributed by atoms with Crippen molar-refractivity contribution < 1.29 is 27.1 Å². The number of nitrogens with zero attached hydrogens (tertiary/aromatic N) is 2. The Balaban J connectivity index is 1.70. The molecule has 0 aliphatic rings. The average molecular weight is 528 g/mol. The normalized spacial score (nSPS) is 12.1. The second-order valence-electron chi connectivity index (χ2n) is 8.01. The molecule has 0 radical (unpaired) electrons. The Labute approximate surface area is 210 Å². The van der Waals surface area contributed by atoms with Gasteiger partial charge < -0.3 is 9.30 Å². The van der Waals surface area contributed by atoms with Crippen molar-refractivity contribution in [2.75, 3.05) is 11.8 Å². The van der Waals surface area contributed by atoms with E-state index in [4.69, 9.17) is 4.74 Å². The predicted octanol–water partition coefficient (Wildman–Crippen LogP) is 4.17. The number of nitrogens with one attached hydrogen (secondary N) is 1. The summed E-state index contributed by atoms with van der Waals surface area (Å²) in [6, 6.07) is 14.2. The first-order valence-corrected chi connectivity index (χ1v) is 13.0. The second-order valence-corrected chi connectivity index (χ2v) is 10.7. The number of esters is 1. The largest absolute Gasteiger partial charge is 0.468 e. The van der Waals surface area contributed by atoms with Gasteiger partial charge in [-0.2, -0.15) is 4.99 Å². The van der Waals surface area contributed by atoms with Gasteiger partial charge in [0.1, 0.15) is 12.4 Å². The van der Waals surface area contributed by atoms with Crippen LogP contribution >= 0.6 is 11.3 Å². The highest BCUT2D eigenvalue weighted by atomic mass is 32.2. The van der Waals surface area contributed by atoms with E-state index in [0.29, 0.717) is 4.80 Å². The summed E-state index contributed by atoms with van der Waals surface area (Å²) in [6.45, 7) is 3.80. The molecule has 1 amide bonds. The number of carbonyl (C=O) groups is 2. The van der Waals surface area contributed by atoms with Gasteiger partial charge in [0.15, 0.2) is 4.80 Å². The molecule has 0 aliphatic heterocycles. The number of aryl methyl sites for hydroxylation is 2. The van der Waals surface area contributed by atoms with Crippen molar-refractivity contribution in [1.82, 2.24) is 4.57 Å². The van der Waals surface area contributed by atoms with Crippen LogP contribution in [0.2, 0.25) is 0 Å². The molecule has 36 heavy (non-hydrogen) atoms. The van der Waals surface area contributed by atoms with Gasteiger partial charge in [-0.1, -0.05) is 17.4 Å². The third kappa shape index (κ3) is 5.37. The first-order valence-electron chi connectivity index (χ1n) is 10.7. The van der Waals surface area contributed by atoms with Crippen LogP contribution < -0.4 is 9.52 Å². The highest BCUT2D eigenvalue weighted by molar-refractivity contribution is 7.92. The van der Waals surface area contributed by atoms with Crippen molar-refractivity contribution in [3.8, 4) is 0 Å². The van der Waals surface area contributed by atoms with E-state index in [-0.39, 0.29) is 22.7 Å². The zero-order valence-electron chi connectivity index (χ0n) is 19.6. The number of anilines is 1. The fourth-order valence-corrected chi connectivity index (χ4v) is 5.61. The van der Waals surface area contributed by atoms with Crippen LogP contribution in [-0.2, 0) is 26.1 Å². The van der Waals surface area contributed by atoms with Gasteiger partial charge in [-0.05, 0) is 79.6 Å². The van der Waals surface area contributed by atoms with Crippen molar-refractivity contribution in [1.29, 1.82) is 0 Å². The summed E-state index contributed by atoms with van der Waals surface area (Å²) in [4.78, 5) is 29.5. The van der Waals surface area contributed by atoms with Gasteiger partial charge in [0, 0.05) is 11.3 Å². The number of hydrogen-bond donors (Lipinski definition) is 1. The second kappa shape index (κ2) is 10.0. The van der Waals surface area contributed by atoms with Crippen LogP contribution in [-0.4, -0.2) is 32.0 Å². The maximum Gasteiger partial charge on any atom is 0.325 e. The minimum absolute atomic E-state index is 0.120. The fraction of sp³-hybridized carbons (Fsp3) is 0.160. The van der Waals surface area contributed by atoms with Gasteiger partial charge in [-0.15, -0.1) is 0 Å². The van der Waals surface area contributed by atoms with Gasteiger partial charge in [0.2, 0.25) is 0 Å². The molecule has 0 aliphatic carbocycles. The number of fused-ring (bicyclic) bond motifs is 1. The lowest BCUT2D eigenvalue weighted by Crippen LogP contribution is -2.22. The van der Waals surface area contributed by atoms with E-state index in [1.807, 2.05) is 26.0 Å². The van der Waals surface area contributed by atoms with E-state index in [9.17, 15) is 22.4 Å². The Morgan fingerprint density at radius 2 is 1.75 bits per heavy atom. The molecule has 0 atom stereocenters. The summed E-state index contributed by atoms with van der Waals surface area (Å²) in [5.74, 6) is -1.66. The molecule has 0 fully saturated rings. The van der Waals surface area contributed by atoms with Gasteiger partial charge >= 0.3 is 5.97 Å². The molecule has 0 unspecified atom stereocenters. The Kier molecular flexibility index (Phi) is 7.04. The van der Waals surface area contributed by atoms with Gasteiger partial charge in [-0.25, -0.2) is 12.8 Å². The number of benzene rings is 3. The Morgan fingerprint density at radius 1 is 1.06 bits per heavy atom. The summed E-state index contributed by atoms with van der Waals surface area (Å²) in [6.07, 6.45) is 0. The summed E-state index contributed by atoms with van der Waals surface area (Å²) in [5.41, 5.74) is 3.13. The topological polar surface area (TPSA) is 107 Å². The number of halogens is 1. The highest BCUT2D eigenvalue weighted by Crippen LogP contribution is 2.23. The number of hydrogen-bond acceptors (Lipinski definition) is 6. The van der Waals surface area contributed by atoms with Gasteiger partial charge in [0.05, 0.1) is 22.2 Å². The lowest BCUT2D eigenvalue weighted by molar-refractivity contribution is -0.141. The number of methoxy groups -OCH3 is 1. The van der Waals surface area contributed by atoms with Gasteiger partial charge in [0.25, 0.3) is 15.9 Å². The molecule has 0 spiro atoms. The number of carbonyl (C=O) groups excluding carboxylic acids is 2. The molecule has 1 N–H and O–H groups in total. The maximum atomic E-state index is 13.2. The molecule has 0 saturated carbocycles. The van der Waals surface area contributed by atoms with Crippen LogP contribution in [0.1, 0.15) is 21.5 Å². The lowest BCUT2D eigenvalue weighted by atomic mass is 10.1. The Bertz CT molecular complexity index is 1660. The number of sulfonamides is 1. The van der Waals surface area contributed by atoms with Crippen molar-refractivity contribution in [2.45, 2.75) is 25.3 Å². The van der Waals surface area contributed by atoms with Crippen LogP contribution in [0.4, 0.5) is 10.1 Å². The first-order chi connectivity index (χ1) is 17.1. The number of ether oxygens (including phenoxy) is 1. The van der Waals surface area contributed by atoms with Crippen LogP contribution in [0.3, 0.4) is 0 Å². The van der Waals surface area contributed by atoms with E-state index >= 15 is 0 Å². The van der Waals surface area contributed by atoms with Crippen molar-refractivity contribution in [2.24, 2.45) is 4.99 Å². The van der Waals surface area contributed by atoms with Crippen LogP contribution in [0, 0.1) is 19.7 Å². The molecule has 0 saturated heterocycles. The maximum absolute atomic E-state index is 13.2. The zero-order valence-corrected chi connectivity index (χ0v) is 21.2. The smallest absolute Gasteiger partial charge is 0.325 e. The number of aromatic nitrogens is 1. The number of rotatable bonds is 6. The molecule has 11 heteroatoms. The molecule has 4 rings (SSSR count). The molecule has 4 aromatic rings. The first kappa shape index (κ1) is 25.3. The molecule has 8 nitrogen and oxygen atoms in total. The monoisotopic (exact) mass is 527 g/mol. The van der Waals surface area contributed by atoms with Crippen LogP contribution in [0.25, 0.3) is 10.2 Å². The van der Waals surface area contributed by atoms with E-state index in [1.54, 1.807) is 4.57 Å². The highest BCUT2D eigenvalue weighted by Gasteiger charge is 2.17. The summed E-state index contributed by atoms with van der Waals surface area (Å²) in [5, 5.41) is 0. The molecular weight excluding hydrogens is 505 g/mol. The van der Waals surface area contributed by atoms with Crippen LogP contribution in [0.15, 0.2) is 70.6 Å². The molecule has 1 heterocycles. The Morgan fingerprint density at radius 3 is 2.44 bits per heavy atom. The van der Waals surface area contributed by atoms with E-state index in [2.05, 4.69) is 9.71 Å². The molecule has 1 aromatic heterocycles. The molecular formula is C25H22FN3O5S2. The molecule has 186 valence electrons. The van der Waals surface area contributed by atoms with Crippen LogP contribution in [0.5, 0.6) is 0 Å². The van der Waals surface area contributed by atoms with E-state index < -0.39 is 27.7 Å². The minimum atomic E-state index is -3.99. The number of thiazole rings is 1. The lowest BCUT2D eigenvalue weighted by Gasteiger charge is -2.09. The summed E-state index contributed by atoms with van der Waals surface area (Å²) < 4.78 is 48.1. The van der Waals surface area contributed by atoms with E-state index in [1.165, 1.54) is 42.7 Å². The number of amides is 1. The van der Waals surface area contributed by atoms with Crippen molar-refractivity contribution in [3.63, 3.8) is 0 Å². The SMILES string of the molecule is COC(=O)Cn1c(=NC(=O)c2cccc(NS(=O)(=O)c3ccc(F)cc3)c2)sc2cc(C)c(C)cc21. The summed E-state index contributed by atoms with van der Waals surface area (Å²) >= 11 is 1.26. The predicted molar refractivity (Wildman–Crippen MR) is 135 cm³/mol. The third-order valence-electron chi connectivity index (χ3n) is 5.50. The minimum Gasteiger partial charge on any atom is -0.468 e. The Hall–Kier alpha value is -3.83. The van der Waals surface area contributed by atoms with Crippen molar-refractivity contribution >= 4 is 49.1 Å². The summed E-state index contributed by atoms with van der Waals surface area (Å²) in [7, 11) is -2.71. The molecule has 0 bridgehead atoms. The fourth-order valence-electron chi connectivity index (χ4n) is 3.45. The quantitative estimate of drug-likeness (QED) is 0.379. The zero-order chi connectivity index (χ0) is 26.0. The standard InChI is InChI=1S/C25H22FN3O5S2/c1-15-11-21-22(12-16(15)2)35-25(29(21)14-23(30)34-3)27-24(31)17-5-4-6-19(13-17)28-36(32,33)20-9-7-18(26)8-10-20/h4-13,28H,14H2,1-3H3. The molecule has 3 aromatic carbocycles. The van der Waals surface area contributed by atoms with Gasteiger partial charge in [-0.3, -0.25) is 14.3 Å². The van der Waals surface area contributed by atoms with E-state index in [0.717, 1.165) is 45.6 Å². The van der Waals surface area contributed by atoms with Crippen molar-refractivity contribution in [3.05, 3.63) is 88.0 Å². The average Bonchev–Trinajstić information content (AvgIpc) is 3.14. The third-order valence-corrected chi connectivity index (χ3v) is 7.93.